The Kier molecular flexibility index (Phi) is 4.55. The zero-order valence-corrected chi connectivity index (χ0v) is 10.3. The Morgan fingerprint density at radius 2 is 2.47 bits per heavy atom. The lowest BCUT2D eigenvalue weighted by Gasteiger charge is -2.11. The maximum atomic E-state index is 5.32. The van der Waals surface area contributed by atoms with Gasteiger partial charge in [-0.15, -0.1) is 0 Å². The van der Waals surface area contributed by atoms with E-state index in [4.69, 9.17) is 4.74 Å². The van der Waals surface area contributed by atoms with Crippen LogP contribution in [0.25, 0.3) is 0 Å². The first-order valence-corrected chi connectivity index (χ1v) is 6.30. The third-order valence-corrected chi connectivity index (χ3v) is 2.90. The van der Waals surface area contributed by atoms with Crippen LogP contribution >= 0.6 is 0 Å². The summed E-state index contributed by atoms with van der Waals surface area (Å²) in [7, 11) is 0. The van der Waals surface area contributed by atoms with E-state index >= 15 is 0 Å². The van der Waals surface area contributed by atoms with Gasteiger partial charge in [-0.3, -0.25) is 0 Å². The molecule has 1 saturated heterocycles. The lowest BCUT2D eigenvalue weighted by atomic mass is 10.1. The number of nitrogens with zero attached hydrogens (tertiary/aromatic N) is 2. The van der Waals surface area contributed by atoms with Gasteiger partial charge in [-0.1, -0.05) is 0 Å². The Hall–Kier alpha value is -1.36. The van der Waals surface area contributed by atoms with Gasteiger partial charge in [0.2, 0.25) is 5.88 Å². The quantitative estimate of drug-likeness (QED) is 0.782. The first kappa shape index (κ1) is 12.1. The Bertz CT molecular complexity index is 339. The summed E-state index contributed by atoms with van der Waals surface area (Å²) in [6.07, 6.45) is 5.25. The number of hydrogen-bond donors (Lipinski definition) is 2. The highest BCUT2D eigenvalue weighted by atomic mass is 16.5. The van der Waals surface area contributed by atoms with E-state index < -0.39 is 0 Å². The molecular formula is C12H20N4O. The summed E-state index contributed by atoms with van der Waals surface area (Å²) in [4.78, 5) is 8.19. The van der Waals surface area contributed by atoms with E-state index in [0.29, 0.717) is 18.5 Å². The lowest BCUT2D eigenvalue weighted by Crippen LogP contribution is -2.24. The van der Waals surface area contributed by atoms with E-state index in [2.05, 4.69) is 20.6 Å². The van der Waals surface area contributed by atoms with Gasteiger partial charge >= 0.3 is 0 Å². The number of nitrogens with one attached hydrogen (secondary N) is 2. The molecular weight excluding hydrogens is 216 g/mol. The molecule has 1 aromatic rings. The third kappa shape index (κ3) is 3.85. The van der Waals surface area contributed by atoms with Crippen molar-refractivity contribution in [3.8, 4) is 5.88 Å². The second-order valence-electron chi connectivity index (χ2n) is 4.18. The highest BCUT2D eigenvalue weighted by Gasteiger charge is 2.12. The van der Waals surface area contributed by atoms with Gasteiger partial charge in [0.1, 0.15) is 12.1 Å². The van der Waals surface area contributed by atoms with Crippen molar-refractivity contribution >= 4 is 5.82 Å². The molecule has 1 aliphatic heterocycles. The van der Waals surface area contributed by atoms with E-state index in [1.807, 2.05) is 13.0 Å². The van der Waals surface area contributed by atoms with Crippen molar-refractivity contribution in [1.29, 1.82) is 0 Å². The van der Waals surface area contributed by atoms with Crippen LogP contribution in [0.1, 0.15) is 26.2 Å². The molecule has 0 amide bonds. The van der Waals surface area contributed by atoms with Crippen molar-refractivity contribution in [2.45, 2.75) is 32.2 Å². The molecule has 1 fully saturated rings. The highest BCUT2D eigenvalue weighted by molar-refractivity contribution is 5.36. The minimum Gasteiger partial charge on any atom is -0.478 e. The van der Waals surface area contributed by atoms with Crippen LogP contribution in [0.15, 0.2) is 12.4 Å². The van der Waals surface area contributed by atoms with Gasteiger partial charge in [0, 0.05) is 18.7 Å². The number of ether oxygens (including phenoxy) is 1. The zero-order chi connectivity index (χ0) is 11.9. The summed E-state index contributed by atoms with van der Waals surface area (Å²) in [5, 5.41) is 6.78. The first-order chi connectivity index (χ1) is 8.38. The molecule has 0 saturated carbocycles. The Balaban J connectivity index is 1.75. The fraction of sp³-hybridized carbons (Fsp3) is 0.667. The molecule has 2 N–H and O–H groups in total. The molecule has 17 heavy (non-hydrogen) atoms. The summed E-state index contributed by atoms with van der Waals surface area (Å²) in [5.74, 6) is 1.46. The standard InChI is InChI=1S/C12H20N4O/c1-2-17-12-8-11(15-9-16-12)14-7-5-10-4-3-6-13-10/h8-10,13H,2-7H2,1H3,(H,14,15,16)/t10-/m1/s1. The summed E-state index contributed by atoms with van der Waals surface area (Å²) >= 11 is 0. The van der Waals surface area contributed by atoms with Crippen molar-refractivity contribution < 1.29 is 4.74 Å². The molecule has 0 bridgehead atoms. The van der Waals surface area contributed by atoms with Crippen LogP contribution in [-0.4, -0.2) is 35.7 Å². The molecule has 1 aliphatic rings. The molecule has 2 heterocycles. The third-order valence-electron chi connectivity index (χ3n) is 2.90. The molecule has 5 heteroatoms. The van der Waals surface area contributed by atoms with Gasteiger partial charge < -0.3 is 15.4 Å². The van der Waals surface area contributed by atoms with E-state index in [0.717, 1.165) is 25.3 Å². The number of hydrogen-bond acceptors (Lipinski definition) is 5. The van der Waals surface area contributed by atoms with Crippen LogP contribution in [0.2, 0.25) is 0 Å². The fourth-order valence-electron chi connectivity index (χ4n) is 2.04. The van der Waals surface area contributed by atoms with Gasteiger partial charge in [-0.2, -0.15) is 0 Å². The molecule has 0 aliphatic carbocycles. The SMILES string of the molecule is CCOc1cc(NCC[C@H]2CCCN2)ncn1. The van der Waals surface area contributed by atoms with E-state index in [1.165, 1.54) is 19.2 Å². The van der Waals surface area contributed by atoms with Crippen molar-refractivity contribution in [2.75, 3.05) is 25.0 Å². The topological polar surface area (TPSA) is 59.1 Å². The second-order valence-corrected chi connectivity index (χ2v) is 4.18. The predicted octanol–water partition coefficient (Wildman–Crippen LogP) is 1.43. The molecule has 0 spiro atoms. The molecule has 2 rings (SSSR count). The lowest BCUT2D eigenvalue weighted by molar-refractivity contribution is 0.326. The Morgan fingerprint density at radius 3 is 3.24 bits per heavy atom. The maximum Gasteiger partial charge on any atom is 0.218 e. The summed E-state index contributed by atoms with van der Waals surface area (Å²) in [5.41, 5.74) is 0. The Morgan fingerprint density at radius 1 is 1.53 bits per heavy atom. The highest BCUT2D eigenvalue weighted by Crippen LogP contribution is 2.12. The molecule has 0 unspecified atom stereocenters. The van der Waals surface area contributed by atoms with Crippen LogP contribution in [0.5, 0.6) is 5.88 Å². The number of rotatable bonds is 6. The predicted molar refractivity (Wildman–Crippen MR) is 67.3 cm³/mol. The van der Waals surface area contributed by atoms with Crippen molar-refractivity contribution in [3.63, 3.8) is 0 Å². The van der Waals surface area contributed by atoms with E-state index in [1.54, 1.807) is 0 Å². The van der Waals surface area contributed by atoms with Crippen molar-refractivity contribution in [1.82, 2.24) is 15.3 Å². The van der Waals surface area contributed by atoms with Gasteiger partial charge in [-0.25, -0.2) is 9.97 Å². The molecule has 1 aromatic heterocycles. The average Bonchev–Trinajstić information content (AvgIpc) is 2.83. The van der Waals surface area contributed by atoms with Crippen LogP contribution in [0, 0.1) is 0 Å². The van der Waals surface area contributed by atoms with E-state index in [-0.39, 0.29) is 0 Å². The van der Waals surface area contributed by atoms with Gasteiger partial charge in [0.05, 0.1) is 6.61 Å². The molecule has 94 valence electrons. The second kappa shape index (κ2) is 6.39. The Labute approximate surface area is 102 Å². The summed E-state index contributed by atoms with van der Waals surface area (Å²) < 4.78 is 5.32. The van der Waals surface area contributed by atoms with Crippen LogP contribution in [0.3, 0.4) is 0 Å². The van der Waals surface area contributed by atoms with Crippen molar-refractivity contribution in [2.24, 2.45) is 0 Å². The smallest absolute Gasteiger partial charge is 0.218 e. The number of aromatic nitrogens is 2. The minimum absolute atomic E-state index is 0.627. The largest absolute Gasteiger partial charge is 0.478 e. The minimum atomic E-state index is 0.627. The first-order valence-electron chi connectivity index (χ1n) is 6.30. The molecule has 0 aromatic carbocycles. The molecule has 5 nitrogen and oxygen atoms in total. The van der Waals surface area contributed by atoms with Crippen LogP contribution in [0.4, 0.5) is 5.82 Å². The fourth-order valence-corrected chi connectivity index (χ4v) is 2.04. The average molecular weight is 236 g/mol. The maximum absolute atomic E-state index is 5.32. The summed E-state index contributed by atoms with van der Waals surface area (Å²) in [6.45, 7) is 4.66. The van der Waals surface area contributed by atoms with Crippen LogP contribution in [-0.2, 0) is 0 Å². The zero-order valence-electron chi connectivity index (χ0n) is 10.3. The van der Waals surface area contributed by atoms with E-state index in [9.17, 15) is 0 Å². The van der Waals surface area contributed by atoms with Crippen molar-refractivity contribution in [3.05, 3.63) is 12.4 Å². The monoisotopic (exact) mass is 236 g/mol. The van der Waals surface area contributed by atoms with Gasteiger partial charge in [-0.05, 0) is 32.7 Å². The normalized spacial score (nSPS) is 19.2. The van der Waals surface area contributed by atoms with Gasteiger partial charge in [0.25, 0.3) is 0 Å². The van der Waals surface area contributed by atoms with Crippen LogP contribution < -0.4 is 15.4 Å². The van der Waals surface area contributed by atoms with Gasteiger partial charge in [0.15, 0.2) is 0 Å². The number of anilines is 1. The summed E-state index contributed by atoms with van der Waals surface area (Å²) in [6, 6.07) is 2.50. The molecule has 0 radical (unpaired) electrons. The molecule has 1 atom stereocenters.